The molecule has 0 aliphatic rings. The first kappa shape index (κ1) is 10.5. The zero-order chi connectivity index (χ0) is 10.8. The van der Waals surface area contributed by atoms with Crippen molar-refractivity contribution in [3.63, 3.8) is 0 Å². The summed E-state index contributed by atoms with van der Waals surface area (Å²) in [5.41, 5.74) is 0. The van der Waals surface area contributed by atoms with Crippen LogP contribution in [0.5, 0.6) is 0 Å². The van der Waals surface area contributed by atoms with Crippen molar-refractivity contribution in [1.82, 2.24) is 9.55 Å². The van der Waals surface area contributed by atoms with Crippen molar-refractivity contribution in [2.45, 2.75) is 13.0 Å². The molecule has 0 spiro atoms. The number of imidazole rings is 1. The molecule has 0 aliphatic carbocycles. The summed E-state index contributed by atoms with van der Waals surface area (Å²) >= 11 is 7.48. The number of nitrogens with one attached hydrogen (secondary N) is 1. The van der Waals surface area contributed by atoms with E-state index in [0.717, 1.165) is 10.3 Å². The van der Waals surface area contributed by atoms with Crippen LogP contribution in [-0.4, -0.2) is 9.55 Å². The molecule has 0 saturated carbocycles. The van der Waals surface area contributed by atoms with Gasteiger partial charge in [0.05, 0.1) is 10.4 Å². The number of thiophene rings is 1. The smallest absolute Gasteiger partial charge is 0.203 e. The maximum absolute atomic E-state index is 5.89. The van der Waals surface area contributed by atoms with E-state index >= 15 is 0 Å². The van der Waals surface area contributed by atoms with E-state index < -0.39 is 0 Å². The quantitative estimate of drug-likeness (QED) is 0.894. The Kier molecular flexibility index (Phi) is 2.98. The van der Waals surface area contributed by atoms with Crippen molar-refractivity contribution in [3.8, 4) is 0 Å². The van der Waals surface area contributed by atoms with Gasteiger partial charge >= 0.3 is 0 Å². The highest BCUT2D eigenvalue weighted by Crippen LogP contribution is 2.28. The van der Waals surface area contributed by atoms with Crippen LogP contribution in [0.15, 0.2) is 24.5 Å². The van der Waals surface area contributed by atoms with Gasteiger partial charge in [0.1, 0.15) is 0 Å². The Morgan fingerprint density at radius 2 is 2.33 bits per heavy atom. The minimum atomic E-state index is 0.226. The third-order valence-electron chi connectivity index (χ3n) is 2.19. The van der Waals surface area contributed by atoms with Gasteiger partial charge in [-0.2, -0.15) is 0 Å². The molecule has 0 fully saturated rings. The summed E-state index contributed by atoms with van der Waals surface area (Å²) in [4.78, 5) is 5.42. The fourth-order valence-corrected chi connectivity index (χ4v) is 2.39. The molecule has 0 bridgehead atoms. The first-order valence-corrected chi connectivity index (χ1v) is 5.85. The molecule has 0 amide bonds. The van der Waals surface area contributed by atoms with Gasteiger partial charge in [-0.1, -0.05) is 11.6 Å². The summed E-state index contributed by atoms with van der Waals surface area (Å²) < 4.78 is 2.77. The number of nitrogens with zero attached hydrogens (tertiary/aromatic N) is 2. The number of aryl methyl sites for hydroxylation is 1. The number of halogens is 1. The zero-order valence-corrected chi connectivity index (χ0v) is 10.1. The lowest BCUT2D eigenvalue weighted by molar-refractivity contribution is 0.835. The lowest BCUT2D eigenvalue weighted by atomic mass is 10.3. The number of hydrogen-bond acceptors (Lipinski definition) is 3. The van der Waals surface area contributed by atoms with Gasteiger partial charge in [-0.05, 0) is 19.1 Å². The summed E-state index contributed by atoms with van der Waals surface area (Å²) in [5.74, 6) is 0.868. The summed E-state index contributed by atoms with van der Waals surface area (Å²) in [6.45, 7) is 2.09. The molecule has 3 nitrogen and oxygen atoms in total. The first-order chi connectivity index (χ1) is 7.16. The molecule has 0 aliphatic heterocycles. The normalized spacial score (nSPS) is 12.7. The summed E-state index contributed by atoms with van der Waals surface area (Å²) in [7, 11) is 1.96. The van der Waals surface area contributed by atoms with Gasteiger partial charge in [-0.3, -0.25) is 0 Å². The van der Waals surface area contributed by atoms with Crippen molar-refractivity contribution < 1.29 is 0 Å². The van der Waals surface area contributed by atoms with E-state index in [0.29, 0.717) is 0 Å². The van der Waals surface area contributed by atoms with Crippen molar-refractivity contribution in [2.75, 3.05) is 5.32 Å². The summed E-state index contributed by atoms with van der Waals surface area (Å²) in [6.07, 6.45) is 3.69. The average Bonchev–Trinajstić information content (AvgIpc) is 2.77. The summed E-state index contributed by atoms with van der Waals surface area (Å²) in [6, 6.07) is 4.18. The SMILES string of the molecule is CC(Nc1nccn1C)c1ccc(Cl)s1. The van der Waals surface area contributed by atoms with E-state index in [4.69, 9.17) is 11.6 Å². The van der Waals surface area contributed by atoms with Crippen LogP contribution < -0.4 is 5.32 Å². The van der Waals surface area contributed by atoms with Crippen LogP contribution in [0.2, 0.25) is 4.34 Å². The predicted molar refractivity (Wildman–Crippen MR) is 64.6 cm³/mol. The maximum Gasteiger partial charge on any atom is 0.203 e. The molecule has 5 heteroatoms. The molecule has 0 saturated heterocycles. The summed E-state index contributed by atoms with van der Waals surface area (Å²) in [5, 5.41) is 3.32. The van der Waals surface area contributed by atoms with Gasteiger partial charge in [-0.15, -0.1) is 11.3 Å². The largest absolute Gasteiger partial charge is 0.348 e. The van der Waals surface area contributed by atoms with Crippen molar-refractivity contribution in [3.05, 3.63) is 33.7 Å². The molecule has 2 rings (SSSR count). The Morgan fingerprint density at radius 1 is 1.53 bits per heavy atom. The van der Waals surface area contributed by atoms with Crippen LogP contribution in [0.4, 0.5) is 5.95 Å². The monoisotopic (exact) mass is 241 g/mol. The Morgan fingerprint density at radius 3 is 2.87 bits per heavy atom. The number of anilines is 1. The van der Waals surface area contributed by atoms with Crippen LogP contribution in [0.25, 0.3) is 0 Å². The van der Waals surface area contributed by atoms with Gasteiger partial charge < -0.3 is 9.88 Å². The number of hydrogen-bond donors (Lipinski definition) is 1. The molecule has 0 radical (unpaired) electrons. The molecule has 0 aromatic carbocycles. The molecule has 80 valence electrons. The van der Waals surface area contributed by atoms with Crippen LogP contribution in [-0.2, 0) is 7.05 Å². The van der Waals surface area contributed by atoms with E-state index in [1.54, 1.807) is 17.5 Å². The first-order valence-electron chi connectivity index (χ1n) is 4.66. The van der Waals surface area contributed by atoms with Crippen molar-refractivity contribution in [2.24, 2.45) is 7.05 Å². The molecule has 2 aromatic heterocycles. The van der Waals surface area contributed by atoms with Crippen LogP contribution in [0.3, 0.4) is 0 Å². The molecule has 1 unspecified atom stereocenters. The third kappa shape index (κ3) is 2.33. The highest BCUT2D eigenvalue weighted by Gasteiger charge is 2.09. The van der Waals surface area contributed by atoms with Gasteiger partial charge in [-0.25, -0.2) is 4.98 Å². The number of rotatable bonds is 3. The standard InChI is InChI=1S/C10H12ClN3S/c1-7(8-3-4-9(11)15-8)13-10-12-5-6-14(10)2/h3-7H,1-2H3,(H,12,13). The Bertz CT molecular complexity index is 449. The number of aromatic nitrogens is 2. The minimum Gasteiger partial charge on any atom is -0.348 e. The predicted octanol–water partition coefficient (Wildman–Crippen LogP) is 3.31. The third-order valence-corrected chi connectivity index (χ3v) is 3.60. The molecule has 1 atom stereocenters. The Balaban J connectivity index is 2.10. The van der Waals surface area contributed by atoms with E-state index in [1.165, 1.54) is 4.88 Å². The van der Waals surface area contributed by atoms with Crippen molar-refractivity contribution in [1.29, 1.82) is 0 Å². The van der Waals surface area contributed by atoms with Gasteiger partial charge in [0.25, 0.3) is 0 Å². The Labute approximate surface area is 97.7 Å². The van der Waals surface area contributed by atoms with Gasteiger partial charge in [0, 0.05) is 24.3 Å². The maximum atomic E-state index is 5.89. The van der Waals surface area contributed by atoms with Crippen LogP contribution in [0, 0.1) is 0 Å². The van der Waals surface area contributed by atoms with Gasteiger partial charge in [0.2, 0.25) is 5.95 Å². The minimum absolute atomic E-state index is 0.226. The molecular formula is C10H12ClN3S. The van der Waals surface area contributed by atoms with Crippen molar-refractivity contribution >= 4 is 28.9 Å². The fraction of sp³-hybridized carbons (Fsp3) is 0.300. The average molecular weight is 242 g/mol. The second-order valence-corrected chi connectivity index (χ2v) is 5.12. The van der Waals surface area contributed by atoms with Gasteiger partial charge in [0.15, 0.2) is 0 Å². The van der Waals surface area contributed by atoms with E-state index in [1.807, 2.05) is 29.9 Å². The van der Waals surface area contributed by atoms with E-state index in [-0.39, 0.29) is 6.04 Å². The van der Waals surface area contributed by atoms with E-state index in [2.05, 4.69) is 17.2 Å². The second kappa shape index (κ2) is 4.24. The van der Waals surface area contributed by atoms with Crippen LogP contribution in [0.1, 0.15) is 17.8 Å². The topological polar surface area (TPSA) is 29.9 Å². The highest BCUT2D eigenvalue weighted by atomic mass is 35.5. The fourth-order valence-electron chi connectivity index (χ4n) is 1.33. The van der Waals surface area contributed by atoms with Crippen LogP contribution >= 0.6 is 22.9 Å². The molecule has 15 heavy (non-hydrogen) atoms. The van der Waals surface area contributed by atoms with E-state index in [9.17, 15) is 0 Å². The lowest BCUT2D eigenvalue weighted by Crippen LogP contribution is -2.08. The molecule has 2 heterocycles. The Hall–Kier alpha value is -1.000. The molecular weight excluding hydrogens is 230 g/mol. The highest BCUT2D eigenvalue weighted by molar-refractivity contribution is 7.16. The lowest BCUT2D eigenvalue weighted by Gasteiger charge is -2.12. The zero-order valence-electron chi connectivity index (χ0n) is 8.57. The molecule has 2 aromatic rings. The molecule has 1 N–H and O–H groups in total. The second-order valence-electron chi connectivity index (χ2n) is 3.37.